The van der Waals surface area contributed by atoms with E-state index >= 15 is 0 Å². The first-order chi connectivity index (χ1) is 7.80. The minimum atomic E-state index is -4.37. The molecule has 0 aromatic rings. The Labute approximate surface area is 97.5 Å². The zero-order chi connectivity index (χ0) is 13.5. The van der Waals surface area contributed by atoms with Gasteiger partial charge in [0.15, 0.2) is 0 Å². The van der Waals surface area contributed by atoms with Crippen molar-refractivity contribution in [3.8, 4) is 0 Å². The molecule has 4 nitrogen and oxygen atoms in total. The van der Waals surface area contributed by atoms with Gasteiger partial charge in [0.2, 0.25) is 5.91 Å². The summed E-state index contributed by atoms with van der Waals surface area (Å²) in [5.41, 5.74) is 0. The van der Waals surface area contributed by atoms with Gasteiger partial charge in [-0.25, -0.2) is 4.79 Å². The highest BCUT2D eigenvalue weighted by Gasteiger charge is 2.29. The quantitative estimate of drug-likeness (QED) is 0.736. The number of hydrogen-bond acceptors (Lipinski definition) is 3. The molecule has 1 amide bonds. The van der Waals surface area contributed by atoms with Crippen LogP contribution in [0.1, 0.15) is 32.6 Å². The molecule has 0 heterocycles. The molecule has 0 fully saturated rings. The number of methoxy groups -OCH3 is 1. The Kier molecular flexibility index (Phi) is 6.60. The van der Waals surface area contributed by atoms with Crippen LogP contribution in [0.25, 0.3) is 0 Å². The van der Waals surface area contributed by atoms with Crippen LogP contribution in [0.4, 0.5) is 13.2 Å². The topological polar surface area (TPSA) is 55.4 Å². The minimum Gasteiger partial charge on any atom is -0.467 e. The van der Waals surface area contributed by atoms with E-state index in [2.05, 4.69) is 10.1 Å². The minimum absolute atomic E-state index is 0.338. The number of nitrogens with one attached hydrogen (secondary N) is 1. The Morgan fingerprint density at radius 2 is 1.94 bits per heavy atom. The normalized spacial score (nSPS) is 13.0. The first-order valence-electron chi connectivity index (χ1n) is 5.24. The van der Waals surface area contributed by atoms with E-state index in [0.29, 0.717) is 12.8 Å². The Bertz CT molecular complexity index is 266. The Morgan fingerprint density at radius 3 is 2.35 bits per heavy atom. The molecule has 0 rings (SSSR count). The van der Waals surface area contributed by atoms with Crippen LogP contribution in [0.5, 0.6) is 0 Å². The molecule has 0 bridgehead atoms. The van der Waals surface area contributed by atoms with Crippen LogP contribution in [0.3, 0.4) is 0 Å². The molecule has 0 saturated carbocycles. The highest BCUT2D eigenvalue weighted by Crippen LogP contribution is 2.21. The standard InChI is InChI=1S/C10H16F3NO3/c1-3-4-7(9(16)17-2)14-8(15)5-6-10(11,12)13/h7H,3-6H2,1-2H3,(H,14,15)/t7-/m0/s1. The van der Waals surface area contributed by atoms with Gasteiger partial charge in [-0.3, -0.25) is 4.79 Å². The molecule has 7 heteroatoms. The summed E-state index contributed by atoms with van der Waals surface area (Å²) in [4.78, 5) is 22.4. The van der Waals surface area contributed by atoms with Crippen molar-refractivity contribution in [2.24, 2.45) is 0 Å². The second-order valence-electron chi connectivity index (χ2n) is 3.55. The predicted molar refractivity (Wildman–Crippen MR) is 54.1 cm³/mol. The fourth-order valence-corrected chi connectivity index (χ4v) is 1.20. The highest BCUT2D eigenvalue weighted by atomic mass is 19.4. The monoisotopic (exact) mass is 255 g/mol. The summed E-state index contributed by atoms with van der Waals surface area (Å²) < 4.78 is 40.0. The van der Waals surface area contributed by atoms with E-state index in [1.807, 2.05) is 0 Å². The van der Waals surface area contributed by atoms with E-state index in [9.17, 15) is 22.8 Å². The molecular formula is C10H16F3NO3. The van der Waals surface area contributed by atoms with E-state index in [0.717, 1.165) is 7.11 Å². The number of carbonyl (C=O) groups excluding carboxylic acids is 2. The first kappa shape index (κ1) is 15.7. The van der Waals surface area contributed by atoms with Crippen molar-refractivity contribution >= 4 is 11.9 Å². The van der Waals surface area contributed by atoms with Crippen LogP contribution in [0, 0.1) is 0 Å². The van der Waals surface area contributed by atoms with Crippen molar-refractivity contribution in [1.29, 1.82) is 0 Å². The maximum absolute atomic E-state index is 11.9. The van der Waals surface area contributed by atoms with Crippen LogP contribution in [0.2, 0.25) is 0 Å². The SMILES string of the molecule is CCC[C@H](NC(=O)CCC(F)(F)F)C(=O)OC. The van der Waals surface area contributed by atoms with Gasteiger partial charge in [0.05, 0.1) is 13.5 Å². The molecule has 0 aromatic heterocycles. The van der Waals surface area contributed by atoms with Gasteiger partial charge in [0.25, 0.3) is 0 Å². The predicted octanol–water partition coefficient (Wildman–Crippen LogP) is 1.79. The van der Waals surface area contributed by atoms with Crippen LogP contribution in [-0.4, -0.2) is 31.2 Å². The lowest BCUT2D eigenvalue weighted by molar-refractivity contribution is -0.148. The smallest absolute Gasteiger partial charge is 0.389 e. The molecule has 0 unspecified atom stereocenters. The lowest BCUT2D eigenvalue weighted by Gasteiger charge is -2.15. The average Bonchev–Trinajstić information content (AvgIpc) is 2.24. The van der Waals surface area contributed by atoms with Gasteiger partial charge in [0, 0.05) is 6.42 Å². The molecule has 1 atom stereocenters. The molecule has 0 aliphatic heterocycles. The molecule has 0 saturated heterocycles. The van der Waals surface area contributed by atoms with Gasteiger partial charge >= 0.3 is 12.1 Å². The highest BCUT2D eigenvalue weighted by molar-refractivity contribution is 5.84. The third kappa shape index (κ3) is 7.59. The van der Waals surface area contributed by atoms with Gasteiger partial charge in [-0.2, -0.15) is 13.2 Å². The average molecular weight is 255 g/mol. The van der Waals surface area contributed by atoms with Crippen molar-refractivity contribution in [3.63, 3.8) is 0 Å². The lowest BCUT2D eigenvalue weighted by atomic mass is 10.1. The van der Waals surface area contributed by atoms with Gasteiger partial charge in [-0.1, -0.05) is 13.3 Å². The van der Waals surface area contributed by atoms with E-state index in [4.69, 9.17) is 0 Å². The van der Waals surface area contributed by atoms with Crippen LogP contribution in [-0.2, 0) is 14.3 Å². The number of ether oxygens (including phenoxy) is 1. The second kappa shape index (κ2) is 7.13. The van der Waals surface area contributed by atoms with Crippen molar-refractivity contribution < 1.29 is 27.5 Å². The Balaban J connectivity index is 4.17. The third-order valence-electron chi connectivity index (χ3n) is 2.03. The molecule has 0 aliphatic rings. The van der Waals surface area contributed by atoms with Crippen molar-refractivity contribution in [2.75, 3.05) is 7.11 Å². The number of esters is 1. The Hall–Kier alpha value is -1.27. The fraction of sp³-hybridized carbons (Fsp3) is 0.800. The lowest BCUT2D eigenvalue weighted by Crippen LogP contribution is -2.41. The van der Waals surface area contributed by atoms with Crippen molar-refractivity contribution in [3.05, 3.63) is 0 Å². The summed E-state index contributed by atoms with van der Waals surface area (Å²) in [6, 6.07) is -0.870. The first-order valence-corrected chi connectivity index (χ1v) is 5.24. The molecule has 17 heavy (non-hydrogen) atoms. The van der Waals surface area contributed by atoms with E-state index in [1.54, 1.807) is 6.92 Å². The van der Waals surface area contributed by atoms with E-state index in [1.165, 1.54) is 0 Å². The summed E-state index contributed by atoms with van der Waals surface area (Å²) in [6.45, 7) is 1.79. The summed E-state index contributed by atoms with van der Waals surface area (Å²) >= 11 is 0. The largest absolute Gasteiger partial charge is 0.467 e. The number of carbonyl (C=O) groups is 2. The maximum Gasteiger partial charge on any atom is 0.389 e. The zero-order valence-corrected chi connectivity index (χ0v) is 9.76. The van der Waals surface area contributed by atoms with Crippen LogP contribution < -0.4 is 5.32 Å². The van der Waals surface area contributed by atoms with Crippen molar-refractivity contribution in [2.45, 2.75) is 44.8 Å². The molecule has 0 aromatic carbocycles. The van der Waals surface area contributed by atoms with Gasteiger partial charge in [-0.05, 0) is 6.42 Å². The van der Waals surface area contributed by atoms with E-state index in [-0.39, 0.29) is 0 Å². The van der Waals surface area contributed by atoms with Gasteiger partial charge < -0.3 is 10.1 Å². The van der Waals surface area contributed by atoms with Gasteiger partial charge in [-0.15, -0.1) is 0 Å². The van der Waals surface area contributed by atoms with Crippen LogP contribution >= 0.6 is 0 Å². The Morgan fingerprint density at radius 1 is 1.35 bits per heavy atom. The number of rotatable bonds is 6. The summed E-state index contributed by atoms with van der Waals surface area (Å²) in [5.74, 6) is -1.45. The van der Waals surface area contributed by atoms with Crippen LogP contribution in [0.15, 0.2) is 0 Å². The maximum atomic E-state index is 11.9. The number of alkyl halides is 3. The summed E-state index contributed by atoms with van der Waals surface area (Å²) in [7, 11) is 1.16. The second-order valence-corrected chi connectivity index (χ2v) is 3.55. The molecular weight excluding hydrogens is 239 g/mol. The molecule has 100 valence electrons. The summed E-state index contributed by atoms with van der Waals surface area (Å²) in [5, 5.41) is 2.23. The van der Waals surface area contributed by atoms with E-state index < -0.39 is 36.9 Å². The summed E-state index contributed by atoms with van der Waals surface area (Å²) in [6.07, 6.45) is -5.30. The zero-order valence-electron chi connectivity index (χ0n) is 9.76. The van der Waals surface area contributed by atoms with Crippen molar-refractivity contribution in [1.82, 2.24) is 5.32 Å². The molecule has 0 spiro atoms. The molecule has 1 N–H and O–H groups in total. The third-order valence-corrected chi connectivity index (χ3v) is 2.03. The molecule has 0 radical (unpaired) electrons. The molecule has 0 aliphatic carbocycles. The van der Waals surface area contributed by atoms with Gasteiger partial charge in [0.1, 0.15) is 6.04 Å². The number of hydrogen-bond donors (Lipinski definition) is 1. The number of amides is 1. The fourth-order valence-electron chi connectivity index (χ4n) is 1.20. The number of halogens is 3.